The van der Waals surface area contributed by atoms with Crippen molar-refractivity contribution in [1.29, 1.82) is 0 Å². The van der Waals surface area contributed by atoms with Crippen molar-refractivity contribution < 1.29 is 10.2 Å². The molecule has 2 heteroatoms. The highest BCUT2D eigenvalue weighted by Gasteiger charge is 2.65. The second kappa shape index (κ2) is 6.33. The van der Waals surface area contributed by atoms with Gasteiger partial charge in [0, 0.05) is 6.61 Å². The minimum Gasteiger partial charge on any atom is -0.396 e. The largest absolute Gasteiger partial charge is 0.396 e. The van der Waals surface area contributed by atoms with E-state index in [2.05, 4.69) is 33.8 Å². The van der Waals surface area contributed by atoms with Crippen molar-refractivity contribution in [3.8, 4) is 0 Å². The zero-order chi connectivity index (χ0) is 19.9. The summed E-state index contributed by atoms with van der Waals surface area (Å²) >= 11 is 0. The molecule has 10 atom stereocenters. The van der Waals surface area contributed by atoms with Gasteiger partial charge in [0.2, 0.25) is 0 Å². The van der Waals surface area contributed by atoms with Gasteiger partial charge in [-0.05, 0) is 115 Å². The lowest BCUT2D eigenvalue weighted by Crippen LogP contribution is -2.54. The Kier molecular flexibility index (Phi) is 4.43. The highest BCUT2D eigenvalue weighted by molar-refractivity contribution is 5.28. The van der Waals surface area contributed by atoms with E-state index in [4.69, 9.17) is 0 Å². The van der Waals surface area contributed by atoms with Crippen LogP contribution in [-0.4, -0.2) is 22.9 Å². The number of allylic oxidation sites excluding steroid dienone is 1. The Morgan fingerprint density at radius 2 is 1.79 bits per heavy atom. The summed E-state index contributed by atoms with van der Waals surface area (Å²) < 4.78 is 0. The van der Waals surface area contributed by atoms with Crippen LogP contribution in [0.3, 0.4) is 0 Å². The highest BCUT2D eigenvalue weighted by atomic mass is 16.3. The van der Waals surface area contributed by atoms with E-state index in [1.165, 1.54) is 56.9 Å². The lowest BCUT2D eigenvalue weighted by atomic mass is 9.45. The van der Waals surface area contributed by atoms with Gasteiger partial charge in [0.25, 0.3) is 0 Å². The van der Waals surface area contributed by atoms with Crippen LogP contribution in [0.4, 0.5) is 0 Å². The van der Waals surface area contributed by atoms with Gasteiger partial charge in [0.1, 0.15) is 0 Å². The fourth-order valence-corrected chi connectivity index (χ4v) is 9.86. The second-order valence-corrected chi connectivity index (χ2v) is 12.3. The van der Waals surface area contributed by atoms with Gasteiger partial charge in [0.15, 0.2) is 0 Å². The first kappa shape index (κ1) is 19.6. The zero-order valence-electron chi connectivity index (χ0n) is 18.6. The lowest BCUT2D eigenvalue weighted by Gasteiger charge is -2.60. The Hall–Kier alpha value is -0.340. The first-order valence-corrected chi connectivity index (χ1v) is 12.2. The van der Waals surface area contributed by atoms with Gasteiger partial charge in [-0.3, -0.25) is 0 Å². The smallest absolute Gasteiger partial charge is 0.0755 e. The van der Waals surface area contributed by atoms with Gasteiger partial charge in [-0.15, -0.1) is 0 Å². The normalized spacial score (nSPS) is 58.2. The summed E-state index contributed by atoms with van der Waals surface area (Å²) in [4.78, 5) is 0. The Bertz CT molecular complexity index is 669. The van der Waals surface area contributed by atoms with E-state index in [0.29, 0.717) is 17.9 Å². The van der Waals surface area contributed by atoms with Crippen LogP contribution in [0.5, 0.6) is 0 Å². The molecule has 5 aliphatic carbocycles. The maximum Gasteiger partial charge on any atom is 0.0755 e. The molecular weight excluding hydrogens is 344 g/mol. The molecule has 0 amide bonds. The van der Waals surface area contributed by atoms with Gasteiger partial charge in [-0.25, -0.2) is 0 Å². The molecule has 0 aromatic heterocycles. The topological polar surface area (TPSA) is 40.5 Å². The van der Waals surface area contributed by atoms with Crippen molar-refractivity contribution in [1.82, 2.24) is 0 Å². The molecule has 28 heavy (non-hydrogen) atoms. The van der Waals surface area contributed by atoms with Crippen LogP contribution in [0.25, 0.3) is 0 Å². The Labute approximate surface area is 172 Å². The van der Waals surface area contributed by atoms with E-state index in [0.717, 1.165) is 36.0 Å². The molecule has 0 aromatic rings. The van der Waals surface area contributed by atoms with E-state index in [1.54, 1.807) is 0 Å². The Morgan fingerprint density at radius 3 is 2.54 bits per heavy atom. The van der Waals surface area contributed by atoms with E-state index in [1.807, 2.05) is 0 Å². The molecule has 0 radical (unpaired) electrons. The summed E-state index contributed by atoms with van der Waals surface area (Å²) in [7, 11) is 0. The van der Waals surface area contributed by atoms with Crippen LogP contribution in [0.15, 0.2) is 11.6 Å². The van der Waals surface area contributed by atoms with E-state index in [-0.39, 0.29) is 16.9 Å². The van der Waals surface area contributed by atoms with Crippen LogP contribution >= 0.6 is 0 Å². The molecule has 0 aliphatic heterocycles. The molecule has 0 bridgehead atoms. The van der Waals surface area contributed by atoms with Crippen molar-refractivity contribution in [2.24, 2.45) is 51.8 Å². The van der Waals surface area contributed by atoms with Gasteiger partial charge < -0.3 is 10.2 Å². The SMILES string of the molecule is CC1CCC(C)(CO)C2C1CC1C3CC=C4C(O)CCCC4(C)C3CCC12C. The first-order chi connectivity index (χ1) is 13.2. The molecule has 4 saturated carbocycles. The summed E-state index contributed by atoms with van der Waals surface area (Å²) in [6.45, 7) is 10.4. The van der Waals surface area contributed by atoms with Gasteiger partial charge in [0.05, 0.1) is 6.10 Å². The predicted molar refractivity (Wildman–Crippen MR) is 114 cm³/mol. The van der Waals surface area contributed by atoms with Crippen LogP contribution in [0.1, 0.15) is 85.5 Å². The Balaban J connectivity index is 1.53. The van der Waals surface area contributed by atoms with E-state index >= 15 is 0 Å². The third kappa shape index (κ3) is 2.40. The number of hydrogen-bond donors (Lipinski definition) is 2. The van der Waals surface area contributed by atoms with E-state index < -0.39 is 0 Å². The van der Waals surface area contributed by atoms with Crippen molar-refractivity contribution in [2.75, 3.05) is 6.61 Å². The number of aliphatic hydroxyl groups is 2. The quantitative estimate of drug-likeness (QED) is 0.577. The monoisotopic (exact) mass is 386 g/mol. The Morgan fingerprint density at radius 1 is 1.00 bits per heavy atom. The molecule has 5 rings (SSSR count). The fraction of sp³-hybridized carbons (Fsp3) is 0.923. The standard InChI is InChI=1S/C26H42O2/c1-16-9-12-24(2,15-27)23-18(16)14-21-17-7-8-20-22(28)6-5-11-25(20,3)19(17)10-13-26(21,23)4/h8,16-19,21-23,27-28H,5-7,9-15H2,1-4H3. The summed E-state index contributed by atoms with van der Waals surface area (Å²) in [5, 5.41) is 21.1. The van der Waals surface area contributed by atoms with E-state index in [9.17, 15) is 10.2 Å². The molecule has 0 saturated heterocycles. The highest BCUT2D eigenvalue weighted by Crippen LogP contribution is 2.72. The van der Waals surface area contributed by atoms with Crippen molar-refractivity contribution in [3.63, 3.8) is 0 Å². The van der Waals surface area contributed by atoms with Crippen LogP contribution in [0, 0.1) is 51.8 Å². The van der Waals surface area contributed by atoms with Crippen molar-refractivity contribution in [3.05, 3.63) is 11.6 Å². The summed E-state index contributed by atoms with van der Waals surface area (Å²) in [5.74, 6) is 4.66. The minimum absolute atomic E-state index is 0.119. The fourth-order valence-electron chi connectivity index (χ4n) is 9.86. The van der Waals surface area contributed by atoms with Crippen LogP contribution in [-0.2, 0) is 0 Å². The summed E-state index contributed by atoms with van der Waals surface area (Å²) in [6.07, 6.45) is 13.5. The van der Waals surface area contributed by atoms with Gasteiger partial charge >= 0.3 is 0 Å². The molecule has 0 heterocycles. The van der Waals surface area contributed by atoms with Crippen LogP contribution in [0.2, 0.25) is 0 Å². The number of hydrogen-bond acceptors (Lipinski definition) is 2. The molecule has 2 nitrogen and oxygen atoms in total. The second-order valence-electron chi connectivity index (χ2n) is 12.3. The number of fused-ring (bicyclic) bond motifs is 7. The summed E-state index contributed by atoms with van der Waals surface area (Å²) in [6, 6.07) is 0. The van der Waals surface area contributed by atoms with Crippen molar-refractivity contribution >= 4 is 0 Å². The molecule has 0 aromatic carbocycles. The number of rotatable bonds is 1. The number of aliphatic hydroxyl groups excluding tert-OH is 2. The van der Waals surface area contributed by atoms with Gasteiger partial charge in [-0.2, -0.15) is 0 Å². The maximum absolute atomic E-state index is 10.7. The van der Waals surface area contributed by atoms with Crippen LogP contribution < -0.4 is 0 Å². The van der Waals surface area contributed by atoms with Crippen molar-refractivity contribution in [2.45, 2.75) is 91.6 Å². The third-order valence-corrected chi connectivity index (χ3v) is 11.2. The lowest BCUT2D eigenvalue weighted by molar-refractivity contribution is -0.102. The third-order valence-electron chi connectivity index (χ3n) is 11.2. The molecule has 0 spiro atoms. The predicted octanol–water partition coefficient (Wildman–Crippen LogP) is 5.58. The molecule has 10 unspecified atom stereocenters. The molecule has 5 aliphatic rings. The van der Waals surface area contributed by atoms with Gasteiger partial charge in [-0.1, -0.05) is 33.8 Å². The maximum atomic E-state index is 10.7. The molecular formula is C26H42O2. The zero-order valence-corrected chi connectivity index (χ0v) is 18.6. The first-order valence-electron chi connectivity index (χ1n) is 12.2. The molecule has 4 fully saturated rings. The minimum atomic E-state index is -0.183. The average Bonchev–Trinajstić information content (AvgIpc) is 3.00. The summed E-state index contributed by atoms with van der Waals surface area (Å²) in [5.41, 5.74) is 2.15. The molecule has 158 valence electrons. The average molecular weight is 387 g/mol. The molecule has 2 N–H and O–H groups in total.